The normalized spacial score (nSPS) is 12.1. The molecule has 39 heavy (non-hydrogen) atoms. The van der Waals surface area contributed by atoms with E-state index < -0.39 is 0 Å². The second-order valence-corrected chi connectivity index (χ2v) is 9.44. The van der Waals surface area contributed by atoms with Crippen molar-refractivity contribution >= 4 is 38.9 Å². The van der Waals surface area contributed by atoms with Gasteiger partial charge in [0.2, 0.25) is 0 Å². The van der Waals surface area contributed by atoms with Gasteiger partial charge in [-0.3, -0.25) is 0 Å². The van der Waals surface area contributed by atoms with E-state index >= 15 is 0 Å². The third kappa shape index (κ3) is 5.16. The van der Waals surface area contributed by atoms with E-state index in [-0.39, 0.29) is 0 Å². The smallest absolute Gasteiger partial charge is 0.160 e. The lowest BCUT2D eigenvalue weighted by Gasteiger charge is -2.09. The van der Waals surface area contributed by atoms with Crippen LogP contribution in [0.4, 0.5) is 0 Å². The van der Waals surface area contributed by atoms with Crippen LogP contribution in [0.5, 0.6) is 0 Å². The molecule has 1 heterocycles. The van der Waals surface area contributed by atoms with Crippen LogP contribution in [0.3, 0.4) is 0 Å². The van der Waals surface area contributed by atoms with Gasteiger partial charge in [0.25, 0.3) is 0 Å². The summed E-state index contributed by atoms with van der Waals surface area (Å²) in [5.41, 5.74) is 7.53. The largest absolute Gasteiger partial charge is 0.247 e. The molecule has 0 atom stereocenters. The summed E-state index contributed by atoms with van der Waals surface area (Å²) in [5.74, 6) is 0.633. The Morgan fingerprint density at radius 1 is 0.564 bits per heavy atom. The van der Waals surface area contributed by atoms with Crippen molar-refractivity contribution in [3.8, 4) is 11.3 Å². The van der Waals surface area contributed by atoms with E-state index in [1.807, 2.05) is 67.6 Å². The Labute approximate surface area is 228 Å². The minimum absolute atomic E-state index is 0.633. The molecule has 0 aliphatic carbocycles. The van der Waals surface area contributed by atoms with Crippen LogP contribution in [0, 0.1) is 0 Å². The fourth-order valence-corrected chi connectivity index (χ4v) is 4.69. The van der Waals surface area contributed by atoms with Gasteiger partial charge >= 0.3 is 0 Å². The highest BCUT2D eigenvalue weighted by Gasteiger charge is 2.09. The number of hydrogen-bond acceptors (Lipinski definition) is 2. The van der Waals surface area contributed by atoms with Crippen molar-refractivity contribution in [3.63, 3.8) is 0 Å². The van der Waals surface area contributed by atoms with Gasteiger partial charge in [-0.25, -0.2) is 15.0 Å². The molecule has 0 fully saturated rings. The summed E-state index contributed by atoms with van der Waals surface area (Å²) in [5, 5.41) is 3.51. The summed E-state index contributed by atoms with van der Waals surface area (Å²) in [4.78, 5) is 14.8. The topological polar surface area (TPSA) is 37.6 Å². The van der Waals surface area contributed by atoms with Crippen LogP contribution in [-0.2, 0) is 0 Å². The monoisotopic (exact) mass is 501 g/mol. The molecule has 0 N–H and O–H groups in total. The summed E-state index contributed by atoms with van der Waals surface area (Å²) in [6, 6.07) is 45.3. The summed E-state index contributed by atoms with van der Waals surface area (Å²) in [6.45, 7) is 6.21. The van der Waals surface area contributed by atoms with E-state index in [0.717, 1.165) is 44.6 Å². The zero-order valence-electron chi connectivity index (χ0n) is 21.8. The van der Waals surface area contributed by atoms with Crippen molar-refractivity contribution in [2.75, 3.05) is 0 Å². The first-order valence-corrected chi connectivity index (χ1v) is 13.0. The Bertz CT molecular complexity index is 1850. The van der Waals surface area contributed by atoms with E-state index in [1.165, 1.54) is 10.8 Å². The average Bonchev–Trinajstić information content (AvgIpc) is 3.01. The first kappa shape index (κ1) is 24.2. The van der Waals surface area contributed by atoms with Crippen molar-refractivity contribution in [2.45, 2.75) is 6.92 Å². The molecule has 0 bridgehead atoms. The summed E-state index contributed by atoms with van der Waals surface area (Å²) >= 11 is 0. The highest BCUT2D eigenvalue weighted by atomic mass is 14.9. The van der Waals surface area contributed by atoms with Gasteiger partial charge in [0.15, 0.2) is 5.84 Å². The van der Waals surface area contributed by atoms with E-state index in [0.29, 0.717) is 11.5 Å². The van der Waals surface area contributed by atoms with Crippen molar-refractivity contribution in [3.05, 3.63) is 157 Å². The second-order valence-electron chi connectivity index (χ2n) is 9.44. The van der Waals surface area contributed by atoms with Gasteiger partial charge in [0.05, 0.1) is 16.9 Å². The molecule has 0 unspecified atom stereocenters. The molecule has 0 aliphatic heterocycles. The number of pyridine rings is 1. The Balaban J connectivity index is 1.33. The Hall–Kier alpha value is -5.15. The molecule has 6 aromatic rings. The fourth-order valence-electron chi connectivity index (χ4n) is 4.69. The molecule has 0 radical (unpaired) electrons. The molecule has 0 aliphatic rings. The maximum absolute atomic E-state index is 5.04. The zero-order chi connectivity index (χ0) is 26.6. The van der Waals surface area contributed by atoms with Crippen LogP contribution in [0.1, 0.15) is 23.6 Å². The Kier molecular flexibility index (Phi) is 6.63. The molecule has 3 heteroatoms. The van der Waals surface area contributed by atoms with Crippen LogP contribution in [0.2, 0.25) is 0 Å². The molecule has 0 spiro atoms. The fraction of sp³-hybridized carbons (Fsp3) is 0.0278. The molecule has 0 amide bonds. The standard InChI is InChI=1S/C36H27N3/c1-25(27-11-5-3-6-12-27)37-36(32-14-7-4-8-15-32)38-26(2)28-17-20-30(21-18-28)34-24-23-31-22-19-29-13-9-10-16-33(29)35(31)39-34/h3-24H,1H2,2H3. The van der Waals surface area contributed by atoms with Gasteiger partial charge in [-0.15, -0.1) is 0 Å². The number of nitrogens with zero attached hydrogens (tertiary/aromatic N) is 3. The quantitative estimate of drug-likeness (QED) is 0.132. The van der Waals surface area contributed by atoms with E-state index in [2.05, 4.69) is 79.4 Å². The van der Waals surface area contributed by atoms with E-state index in [9.17, 15) is 0 Å². The van der Waals surface area contributed by atoms with Gasteiger partial charge in [-0.05, 0) is 29.5 Å². The van der Waals surface area contributed by atoms with Gasteiger partial charge in [-0.1, -0.05) is 134 Å². The number of fused-ring (bicyclic) bond motifs is 3. The van der Waals surface area contributed by atoms with Crippen LogP contribution < -0.4 is 0 Å². The van der Waals surface area contributed by atoms with Gasteiger partial charge < -0.3 is 0 Å². The maximum atomic E-state index is 5.04. The van der Waals surface area contributed by atoms with Crippen LogP contribution in [0.15, 0.2) is 150 Å². The van der Waals surface area contributed by atoms with E-state index in [1.54, 1.807) is 0 Å². The molecular weight excluding hydrogens is 474 g/mol. The average molecular weight is 502 g/mol. The number of rotatable bonds is 5. The van der Waals surface area contributed by atoms with Crippen molar-refractivity contribution < 1.29 is 0 Å². The lowest BCUT2D eigenvalue weighted by molar-refractivity contribution is 1.40. The third-order valence-electron chi connectivity index (χ3n) is 6.84. The summed E-state index contributed by atoms with van der Waals surface area (Å²) < 4.78 is 0. The number of hydrogen-bond donors (Lipinski definition) is 0. The van der Waals surface area contributed by atoms with Crippen molar-refractivity contribution in [1.29, 1.82) is 0 Å². The molecule has 0 saturated heterocycles. The zero-order valence-corrected chi connectivity index (χ0v) is 21.8. The third-order valence-corrected chi connectivity index (χ3v) is 6.84. The maximum Gasteiger partial charge on any atom is 0.160 e. The molecular formula is C36H27N3. The molecule has 186 valence electrons. The number of aromatic nitrogens is 1. The number of amidine groups is 1. The van der Waals surface area contributed by atoms with Gasteiger partial charge in [0.1, 0.15) is 0 Å². The minimum atomic E-state index is 0.633. The molecule has 6 rings (SSSR count). The van der Waals surface area contributed by atoms with Crippen molar-refractivity contribution in [1.82, 2.24) is 4.98 Å². The SMILES string of the molecule is C=C(N=C(N=C(C)c1ccc(-c2ccc3ccc4ccccc4c3n2)cc1)c1ccccc1)c1ccccc1. The Morgan fingerprint density at radius 2 is 1.18 bits per heavy atom. The number of aliphatic imine (C=N–C) groups is 2. The minimum Gasteiger partial charge on any atom is -0.247 e. The molecule has 1 aromatic heterocycles. The van der Waals surface area contributed by atoms with Crippen LogP contribution in [-0.4, -0.2) is 16.5 Å². The molecule has 3 nitrogen and oxygen atoms in total. The van der Waals surface area contributed by atoms with E-state index in [4.69, 9.17) is 15.0 Å². The molecule has 0 saturated carbocycles. The first-order chi connectivity index (χ1) is 19.2. The first-order valence-electron chi connectivity index (χ1n) is 13.0. The highest BCUT2D eigenvalue weighted by Crippen LogP contribution is 2.27. The summed E-state index contributed by atoms with van der Waals surface area (Å²) in [7, 11) is 0. The highest BCUT2D eigenvalue weighted by molar-refractivity contribution is 6.12. The lowest BCUT2D eigenvalue weighted by atomic mass is 10.0. The van der Waals surface area contributed by atoms with Crippen LogP contribution >= 0.6 is 0 Å². The summed E-state index contributed by atoms with van der Waals surface area (Å²) in [6.07, 6.45) is 0. The predicted molar refractivity (Wildman–Crippen MR) is 165 cm³/mol. The Morgan fingerprint density at radius 3 is 1.92 bits per heavy atom. The second kappa shape index (κ2) is 10.7. The van der Waals surface area contributed by atoms with Gasteiger partial charge in [0, 0.05) is 27.6 Å². The molecule has 5 aromatic carbocycles. The van der Waals surface area contributed by atoms with Gasteiger partial charge in [-0.2, -0.15) is 0 Å². The van der Waals surface area contributed by atoms with Crippen molar-refractivity contribution in [2.24, 2.45) is 9.98 Å². The lowest BCUT2D eigenvalue weighted by Crippen LogP contribution is -2.04. The van der Waals surface area contributed by atoms with Crippen LogP contribution in [0.25, 0.3) is 38.6 Å². The predicted octanol–water partition coefficient (Wildman–Crippen LogP) is 8.98. The number of benzene rings is 5.